The average molecular weight is 260 g/mol. The Balaban J connectivity index is 2.27. The number of hydrogen-bond acceptors (Lipinski definition) is 2. The predicted molar refractivity (Wildman–Crippen MR) is 74.5 cm³/mol. The fourth-order valence-electron chi connectivity index (χ4n) is 1.57. The highest BCUT2D eigenvalue weighted by Crippen LogP contribution is 2.22. The predicted octanol–water partition coefficient (Wildman–Crippen LogP) is 4.36. The van der Waals surface area contributed by atoms with Crippen LogP contribution >= 0.6 is 22.9 Å². The molecule has 0 aliphatic heterocycles. The molecule has 1 aromatic rings. The minimum atomic E-state index is 0.568. The molecule has 3 heteroatoms. The Morgan fingerprint density at radius 1 is 1.25 bits per heavy atom. The van der Waals surface area contributed by atoms with Gasteiger partial charge in [-0.2, -0.15) is 0 Å². The van der Waals surface area contributed by atoms with Gasteiger partial charge in [-0.15, -0.1) is 11.3 Å². The first-order chi connectivity index (χ1) is 7.49. The fraction of sp³-hybridized carbons (Fsp3) is 0.692. The summed E-state index contributed by atoms with van der Waals surface area (Å²) in [5.74, 6) is 0.693. The van der Waals surface area contributed by atoms with E-state index < -0.39 is 0 Å². The summed E-state index contributed by atoms with van der Waals surface area (Å²) in [7, 11) is 0. The van der Waals surface area contributed by atoms with Crippen LogP contribution in [0.3, 0.4) is 0 Å². The maximum Gasteiger partial charge on any atom is 0.0931 e. The minimum Gasteiger partial charge on any atom is -0.312 e. The summed E-state index contributed by atoms with van der Waals surface area (Å²) in [4.78, 5) is 1.39. The Bertz CT molecular complexity index is 309. The van der Waals surface area contributed by atoms with Crippen molar-refractivity contribution < 1.29 is 0 Å². The Morgan fingerprint density at radius 3 is 2.44 bits per heavy atom. The standard InChI is InChI=1S/C13H22ClNS/c1-9(2)11(4)15-10(3)5-6-12-7-8-13(14)16-12/h7-11,15H,5-6H2,1-4H3. The molecule has 1 N–H and O–H groups in total. The Labute approximate surface area is 108 Å². The topological polar surface area (TPSA) is 12.0 Å². The molecule has 0 spiro atoms. The van der Waals surface area contributed by atoms with Crippen molar-refractivity contribution in [3.05, 3.63) is 21.3 Å². The molecule has 2 unspecified atom stereocenters. The molecule has 16 heavy (non-hydrogen) atoms. The first-order valence-electron chi connectivity index (χ1n) is 5.99. The molecule has 0 amide bonds. The number of aryl methyl sites for hydroxylation is 1. The number of thiophene rings is 1. The second-order valence-electron chi connectivity index (χ2n) is 4.84. The maximum absolute atomic E-state index is 5.90. The molecule has 0 saturated carbocycles. The van der Waals surface area contributed by atoms with Gasteiger partial charge in [0.1, 0.15) is 0 Å². The third-order valence-corrected chi connectivity index (χ3v) is 4.29. The number of hydrogen-bond donors (Lipinski definition) is 1. The SMILES string of the molecule is CC(CCc1ccc(Cl)s1)NC(C)C(C)C. The molecule has 92 valence electrons. The summed E-state index contributed by atoms with van der Waals surface area (Å²) in [5, 5.41) is 3.63. The lowest BCUT2D eigenvalue weighted by molar-refractivity contribution is 0.373. The van der Waals surface area contributed by atoms with Crippen LogP contribution in [0.25, 0.3) is 0 Å². The molecular formula is C13H22ClNS. The monoisotopic (exact) mass is 259 g/mol. The molecule has 0 fully saturated rings. The largest absolute Gasteiger partial charge is 0.312 e. The van der Waals surface area contributed by atoms with Gasteiger partial charge in [0, 0.05) is 17.0 Å². The van der Waals surface area contributed by atoms with Gasteiger partial charge in [-0.3, -0.25) is 0 Å². The van der Waals surface area contributed by atoms with E-state index in [1.165, 1.54) is 11.3 Å². The minimum absolute atomic E-state index is 0.568. The van der Waals surface area contributed by atoms with Gasteiger partial charge in [0.25, 0.3) is 0 Å². The summed E-state index contributed by atoms with van der Waals surface area (Å²) < 4.78 is 0.895. The summed E-state index contributed by atoms with van der Waals surface area (Å²) in [6.45, 7) is 9.02. The molecule has 1 aromatic heterocycles. The average Bonchev–Trinajstić information content (AvgIpc) is 2.61. The second kappa shape index (κ2) is 6.63. The zero-order valence-electron chi connectivity index (χ0n) is 10.6. The van der Waals surface area contributed by atoms with Crippen LogP contribution in [0.2, 0.25) is 4.34 Å². The molecule has 1 heterocycles. The lowest BCUT2D eigenvalue weighted by Crippen LogP contribution is -2.37. The van der Waals surface area contributed by atoms with Crippen molar-refractivity contribution in [3.63, 3.8) is 0 Å². The first kappa shape index (κ1) is 14.0. The fourth-order valence-corrected chi connectivity index (χ4v) is 2.67. The summed E-state index contributed by atoms with van der Waals surface area (Å²) in [5.41, 5.74) is 0. The van der Waals surface area contributed by atoms with Crippen LogP contribution < -0.4 is 5.32 Å². The molecule has 0 aliphatic rings. The van der Waals surface area contributed by atoms with E-state index >= 15 is 0 Å². The normalized spacial score (nSPS) is 15.4. The highest BCUT2D eigenvalue weighted by molar-refractivity contribution is 7.16. The smallest absolute Gasteiger partial charge is 0.0931 e. The van der Waals surface area contributed by atoms with Crippen LogP contribution in [0.5, 0.6) is 0 Å². The highest BCUT2D eigenvalue weighted by atomic mass is 35.5. The van der Waals surface area contributed by atoms with E-state index in [9.17, 15) is 0 Å². The molecule has 1 rings (SSSR count). The van der Waals surface area contributed by atoms with E-state index in [0.29, 0.717) is 18.0 Å². The van der Waals surface area contributed by atoms with E-state index in [-0.39, 0.29) is 0 Å². The molecule has 0 saturated heterocycles. The Morgan fingerprint density at radius 2 is 1.94 bits per heavy atom. The van der Waals surface area contributed by atoms with Gasteiger partial charge in [-0.1, -0.05) is 25.4 Å². The maximum atomic E-state index is 5.90. The van der Waals surface area contributed by atoms with Gasteiger partial charge in [-0.25, -0.2) is 0 Å². The number of rotatable bonds is 6. The van der Waals surface area contributed by atoms with Gasteiger partial charge in [0.15, 0.2) is 0 Å². The van der Waals surface area contributed by atoms with E-state index in [1.807, 2.05) is 6.07 Å². The lowest BCUT2D eigenvalue weighted by Gasteiger charge is -2.22. The van der Waals surface area contributed by atoms with Crippen LogP contribution in [0.1, 0.15) is 39.0 Å². The highest BCUT2D eigenvalue weighted by Gasteiger charge is 2.10. The van der Waals surface area contributed by atoms with Gasteiger partial charge < -0.3 is 5.32 Å². The van der Waals surface area contributed by atoms with E-state index in [2.05, 4.69) is 39.1 Å². The Kier molecular flexibility index (Phi) is 5.81. The van der Waals surface area contributed by atoms with Gasteiger partial charge >= 0.3 is 0 Å². The molecular weight excluding hydrogens is 238 g/mol. The molecule has 0 aromatic carbocycles. The number of halogens is 1. The van der Waals surface area contributed by atoms with Gasteiger partial charge in [-0.05, 0) is 44.7 Å². The molecule has 0 radical (unpaired) electrons. The van der Waals surface area contributed by atoms with Crippen molar-refractivity contribution in [2.24, 2.45) is 5.92 Å². The number of nitrogens with one attached hydrogen (secondary N) is 1. The van der Waals surface area contributed by atoms with Crippen molar-refractivity contribution in [2.45, 2.75) is 52.6 Å². The molecule has 2 atom stereocenters. The van der Waals surface area contributed by atoms with Crippen molar-refractivity contribution in [1.82, 2.24) is 5.32 Å². The van der Waals surface area contributed by atoms with Crippen LogP contribution in [-0.4, -0.2) is 12.1 Å². The van der Waals surface area contributed by atoms with E-state index in [0.717, 1.165) is 10.8 Å². The van der Waals surface area contributed by atoms with Crippen LogP contribution in [-0.2, 0) is 6.42 Å². The zero-order valence-corrected chi connectivity index (χ0v) is 12.2. The lowest BCUT2D eigenvalue weighted by atomic mass is 10.0. The van der Waals surface area contributed by atoms with Crippen LogP contribution in [0, 0.1) is 5.92 Å². The first-order valence-corrected chi connectivity index (χ1v) is 7.18. The van der Waals surface area contributed by atoms with Gasteiger partial charge in [0.2, 0.25) is 0 Å². The quantitative estimate of drug-likeness (QED) is 0.801. The molecule has 1 nitrogen and oxygen atoms in total. The third-order valence-electron chi connectivity index (χ3n) is 3.00. The summed E-state index contributed by atoms with van der Waals surface area (Å²) in [6, 6.07) is 5.27. The van der Waals surface area contributed by atoms with Gasteiger partial charge in [0.05, 0.1) is 4.34 Å². The second-order valence-corrected chi connectivity index (χ2v) is 6.64. The van der Waals surface area contributed by atoms with Crippen molar-refractivity contribution in [2.75, 3.05) is 0 Å². The van der Waals surface area contributed by atoms with Crippen molar-refractivity contribution in [1.29, 1.82) is 0 Å². The van der Waals surface area contributed by atoms with E-state index in [1.54, 1.807) is 11.3 Å². The summed E-state index contributed by atoms with van der Waals surface area (Å²) >= 11 is 7.60. The summed E-state index contributed by atoms with van der Waals surface area (Å²) in [6.07, 6.45) is 2.30. The zero-order chi connectivity index (χ0) is 12.1. The van der Waals surface area contributed by atoms with Crippen molar-refractivity contribution >= 4 is 22.9 Å². The Hall–Kier alpha value is -0.0500. The third kappa shape index (κ3) is 4.86. The van der Waals surface area contributed by atoms with Crippen LogP contribution in [0.4, 0.5) is 0 Å². The molecule has 0 aliphatic carbocycles. The molecule has 0 bridgehead atoms. The van der Waals surface area contributed by atoms with Crippen LogP contribution in [0.15, 0.2) is 12.1 Å². The van der Waals surface area contributed by atoms with Crippen molar-refractivity contribution in [3.8, 4) is 0 Å². The van der Waals surface area contributed by atoms with E-state index in [4.69, 9.17) is 11.6 Å².